The number of carbonyl (C=O) groups is 1. The van der Waals surface area contributed by atoms with E-state index in [2.05, 4.69) is 37.1 Å². The molecule has 24 heteroatoms. The third-order valence-electron chi connectivity index (χ3n) is 11.5. The van der Waals surface area contributed by atoms with Crippen LogP contribution in [0.2, 0.25) is 5.02 Å². The van der Waals surface area contributed by atoms with Crippen LogP contribution in [-0.4, -0.2) is 69.7 Å². The molecule has 3 atom stereocenters. The van der Waals surface area contributed by atoms with Crippen molar-refractivity contribution in [3.63, 3.8) is 0 Å². The van der Waals surface area contributed by atoms with E-state index in [-0.39, 0.29) is 38.5 Å². The summed E-state index contributed by atoms with van der Waals surface area (Å²) in [6.07, 6.45) is -7.28. The highest BCUT2D eigenvalue weighted by molar-refractivity contribution is 7.93. The zero-order valence-electron chi connectivity index (χ0n) is 35.3. The summed E-state index contributed by atoms with van der Waals surface area (Å²) in [5, 5.41) is 8.92. The number of halogens is 10. The second-order valence-corrected chi connectivity index (χ2v) is 21.8. The van der Waals surface area contributed by atoms with Gasteiger partial charge in [0.15, 0.2) is 15.7 Å². The first-order chi connectivity index (χ1) is 30.5. The van der Waals surface area contributed by atoms with Crippen LogP contribution in [0.3, 0.4) is 0 Å². The summed E-state index contributed by atoms with van der Waals surface area (Å²) in [6.45, 7) is 2.31. The van der Waals surface area contributed by atoms with Crippen LogP contribution in [0, 0.1) is 29.4 Å². The molecule has 2 N–H and O–H groups in total. The second-order valence-electron chi connectivity index (χ2n) is 16.9. The summed E-state index contributed by atoms with van der Waals surface area (Å²) in [5.74, 6) is -4.81. The lowest BCUT2D eigenvalue weighted by Crippen LogP contribution is -2.35. The average molecular weight is 992 g/mol. The molecule has 0 radical (unpaired) electrons. The van der Waals surface area contributed by atoms with Gasteiger partial charge in [0, 0.05) is 28.7 Å². The van der Waals surface area contributed by atoms with Crippen LogP contribution >= 0.6 is 11.6 Å². The van der Waals surface area contributed by atoms with E-state index in [1.165, 1.54) is 45.0 Å². The number of rotatable bonds is 13. The molecule has 12 nitrogen and oxygen atoms in total. The van der Waals surface area contributed by atoms with Gasteiger partial charge in [-0.15, -0.1) is 0 Å². The maximum Gasteiger partial charge on any atom is 0.408 e. The van der Waals surface area contributed by atoms with Crippen molar-refractivity contribution in [2.75, 3.05) is 11.0 Å². The van der Waals surface area contributed by atoms with Crippen molar-refractivity contribution >= 4 is 54.1 Å². The maximum atomic E-state index is 15.7. The molecule has 3 aromatic heterocycles. The summed E-state index contributed by atoms with van der Waals surface area (Å²) < 4.78 is 184. The van der Waals surface area contributed by atoms with Gasteiger partial charge in [0.2, 0.25) is 15.9 Å². The first-order valence-electron chi connectivity index (χ1n) is 20.0. The Labute approximate surface area is 377 Å². The molecule has 0 saturated heterocycles. The Balaban J connectivity index is 1.46. The summed E-state index contributed by atoms with van der Waals surface area (Å²) >= 11 is 6.50. The van der Waals surface area contributed by atoms with Gasteiger partial charge in [0.1, 0.15) is 46.6 Å². The number of amides is 1. The van der Waals surface area contributed by atoms with Gasteiger partial charge in [-0.1, -0.05) is 37.4 Å². The van der Waals surface area contributed by atoms with Crippen LogP contribution in [0.25, 0.3) is 22.0 Å². The van der Waals surface area contributed by atoms with Crippen molar-refractivity contribution in [1.29, 1.82) is 0 Å². The van der Waals surface area contributed by atoms with Crippen LogP contribution in [0.5, 0.6) is 0 Å². The molecule has 0 spiro atoms. The minimum atomic E-state index is -4.96. The van der Waals surface area contributed by atoms with Gasteiger partial charge in [-0.25, -0.2) is 39.4 Å². The van der Waals surface area contributed by atoms with E-state index >= 15 is 8.78 Å². The predicted molar refractivity (Wildman–Crippen MR) is 225 cm³/mol. The minimum Gasteiger partial charge on any atom is -0.346 e. The van der Waals surface area contributed by atoms with Gasteiger partial charge >= 0.3 is 6.18 Å². The van der Waals surface area contributed by atoms with Gasteiger partial charge in [-0.2, -0.15) is 32.1 Å². The molecule has 7 rings (SSSR count). The first kappa shape index (κ1) is 48.6. The quantitative estimate of drug-likeness (QED) is 0.0876. The standard InChI is InChI=1S/C42H39ClF9N7O5S2/c1-20-21(2)42(51,52)37-32(20)35(38(46)47)55-58(37)18-31(60)54-30(16-22-14-23(44)17-24(45)15-22)34-27(9-6-25(53-34)12-13-40(3,4)66(63,64)26-7-8-26)28-10-11-29(43)33-36(28)59(19-41(48,49)50)56-39(33)57-65(5,61)62/h6,9-11,14-15,17,20-21,26,30,38H,7-8,16,18-19H2,1-5H3,(H,54,60)(H,56,57)/t20-,21+,30-/m0/s1. The summed E-state index contributed by atoms with van der Waals surface area (Å²) in [6, 6.07) is 5.65. The molecule has 3 heterocycles. The molecular formula is C42H39ClF9N7O5S2. The molecule has 66 heavy (non-hydrogen) atoms. The van der Waals surface area contributed by atoms with Crippen LogP contribution in [0.1, 0.15) is 92.8 Å². The summed E-state index contributed by atoms with van der Waals surface area (Å²) in [5.41, 5.74) is -3.68. The molecule has 2 aliphatic rings. The number of sulfone groups is 1. The lowest BCUT2D eigenvalue weighted by molar-refractivity contribution is -0.141. The second kappa shape index (κ2) is 17.1. The van der Waals surface area contributed by atoms with Crippen molar-refractivity contribution < 1.29 is 61.1 Å². The van der Waals surface area contributed by atoms with Gasteiger partial charge in [-0.3, -0.25) is 18.9 Å². The molecule has 1 fully saturated rings. The smallest absolute Gasteiger partial charge is 0.346 e. The molecule has 2 aliphatic carbocycles. The molecule has 0 aliphatic heterocycles. The summed E-state index contributed by atoms with van der Waals surface area (Å²) in [7, 11) is -7.98. The van der Waals surface area contributed by atoms with E-state index in [1.54, 1.807) is 0 Å². The predicted octanol–water partition coefficient (Wildman–Crippen LogP) is 8.75. The number of aromatic nitrogens is 5. The average Bonchev–Trinajstić information content (AvgIpc) is 3.87. The van der Waals surface area contributed by atoms with E-state index in [9.17, 15) is 52.4 Å². The molecule has 0 bridgehead atoms. The number of nitrogens with one attached hydrogen (secondary N) is 2. The van der Waals surface area contributed by atoms with Crippen molar-refractivity contribution in [2.24, 2.45) is 5.92 Å². The third-order valence-corrected chi connectivity index (χ3v) is 15.2. The van der Waals surface area contributed by atoms with Crippen molar-refractivity contribution in [3.05, 3.63) is 93.0 Å². The number of fused-ring (bicyclic) bond motifs is 2. The maximum absolute atomic E-state index is 15.7. The molecule has 354 valence electrons. The van der Waals surface area contributed by atoms with E-state index in [1.807, 2.05) is 0 Å². The number of hydrogen-bond acceptors (Lipinski definition) is 8. The van der Waals surface area contributed by atoms with Crippen LogP contribution in [0.4, 0.5) is 45.3 Å². The van der Waals surface area contributed by atoms with Gasteiger partial charge in [0.25, 0.3) is 12.3 Å². The Kier molecular flexibility index (Phi) is 12.6. The monoisotopic (exact) mass is 991 g/mol. The van der Waals surface area contributed by atoms with E-state index in [0.29, 0.717) is 28.3 Å². The van der Waals surface area contributed by atoms with Crippen molar-refractivity contribution in [2.45, 2.75) is 101 Å². The van der Waals surface area contributed by atoms with Gasteiger partial charge < -0.3 is 5.32 Å². The highest BCUT2D eigenvalue weighted by Crippen LogP contribution is 2.54. The number of alkyl halides is 7. The van der Waals surface area contributed by atoms with Crippen LogP contribution in [0.15, 0.2) is 42.5 Å². The number of carbonyl (C=O) groups excluding carboxylic acids is 1. The SMILES string of the molecule is C[C@@H]1c2c(C(F)F)nn(CC(=O)N[C@@H](Cc3cc(F)cc(F)c3)c3nc(C#CC(C)(C)S(=O)(=O)C4CC4)ccc3-c3ccc(Cl)c4c(NS(C)(=O)=O)nn(CC(F)(F)F)c34)c2C(F)(F)[C@@H]1C. The fourth-order valence-corrected chi connectivity index (χ4v) is 10.6. The van der Waals surface area contributed by atoms with E-state index in [0.717, 1.165) is 25.3 Å². The van der Waals surface area contributed by atoms with Crippen molar-refractivity contribution in [3.8, 4) is 23.0 Å². The highest BCUT2D eigenvalue weighted by Gasteiger charge is 2.55. The van der Waals surface area contributed by atoms with Crippen LogP contribution < -0.4 is 10.0 Å². The Hall–Kier alpha value is -5.34. The Morgan fingerprint density at radius 3 is 2.18 bits per heavy atom. The Bertz CT molecular complexity index is 3050. The molecule has 5 aromatic rings. The topological polar surface area (TPSA) is 158 Å². The lowest BCUT2D eigenvalue weighted by atomic mass is 9.93. The van der Waals surface area contributed by atoms with Gasteiger partial charge in [0.05, 0.1) is 39.2 Å². The van der Waals surface area contributed by atoms with Crippen LogP contribution in [-0.2, 0) is 50.1 Å². The lowest BCUT2D eigenvalue weighted by Gasteiger charge is -2.24. The fraction of sp³-hybridized carbons (Fsp3) is 0.429. The number of sulfonamides is 1. The number of anilines is 1. The zero-order valence-corrected chi connectivity index (χ0v) is 37.7. The molecule has 2 aromatic carbocycles. The number of hydrogen-bond donors (Lipinski definition) is 2. The number of pyridine rings is 1. The molecule has 0 unspecified atom stereocenters. The van der Waals surface area contributed by atoms with E-state index < -0.39 is 132 Å². The summed E-state index contributed by atoms with van der Waals surface area (Å²) in [4.78, 5) is 18.8. The molecule has 1 amide bonds. The Morgan fingerprint density at radius 1 is 0.955 bits per heavy atom. The van der Waals surface area contributed by atoms with Gasteiger partial charge in [-0.05, 0) is 80.8 Å². The minimum absolute atomic E-state index is 0.141. The Morgan fingerprint density at radius 2 is 1.59 bits per heavy atom. The number of nitrogens with zero attached hydrogens (tertiary/aromatic N) is 5. The molecule has 1 saturated carbocycles. The first-order valence-corrected chi connectivity index (χ1v) is 23.8. The number of benzene rings is 2. The largest absolute Gasteiger partial charge is 0.408 e. The van der Waals surface area contributed by atoms with E-state index in [4.69, 9.17) is 11.6 Å². The third kappa shape index (κ3) is 9.58. The van der Waals surface area contributed by atoms with Crippen molar-refractivity contribution in [1.82, 2.24) is 29.9 Å². The molecular weight excluding hydrogens is 953 g/mol. The normalized spacial score (nSPS) is 18.0. The zero-order chi connectivity index (χ0) is 48.6. The fourth-order valence-electron chi connectivity index (χ4n) is 8.05. The highest BCUT2D eigenvalue weighted by atomic mass is 35.5.